The summed E-state index contributed by atoms with van der Waals surface area (Å²) in [7, 11) is 0. The van der Waals surface area contributed by atoms with Gasteiger partial charge in [0.05, 0.1) is 16.8 Å². The monoisotopic (exact) mass is 423 g/mol. The van der Waals surface area contributed by atoms with Crippen molar-refractivity contribution in [2.24, 2.45) is 0 Å². The number of benzene rings is 1. The minimum atomic E-state index is -0.644. The molecular weight excluding hydrogens is 406 g/mol. The molecule has 1 aromatic heterocycles. The highest BCUT2D eigenvalue weighted by atomic mass is 32.2. The Kier molecular flexibility index (Phi) is 6.90. The number of para-hydroxylation sites is 1. The van der Waals surface area contributed by atoms with Gasteiger partial charge in [0.25, 0.3) is 11.6 Å². The van der Waals surface area contributed by atoms with Crippen LogP contribution in [0.25, 0.3) is 0 Å². The van der Waals surface area contributed by atoms with E-state index in [0.29, 0.717) is 10.9 Å². The number of hydrogen-bond acceptors (Lipinski definition) is 9. The highest BCUT2D eigenvalue weighted by Crippen LogP contribution is 2.26. The van der Waals surface area contributed by atoms with Gasteiger partial charge in [-0.25, -0.2) is 0 Å². The lowest BCUT2D eigenvalue weighted by Crippen LogP contribution is -2.32. The highest BCUT2D eigenvalue weighted by Gasteiger charge is 2.21. The zero-order valence-electron chi connectivity index (χ0n) is 14.6. The molecule has 2 heterocycles. The van der Waals surface area contributed by atoms with E-state index in [1.54, 1.807) is 6.07 Å². The number of thioether (sulfide) groups is 1. The van der Waals surface area contributed by atoms with E-state index >= 15 is 0 Å². The number of hydrogen-bond donors (Lipinski definition) is 2. The summed E-state index contributed by atoms with van der Waals surface area (Å²) in [5.41, 5.74) is -0.354. The molecule has 10 nitrogen and oxygen atoms in total. The Labute approximate surface area is 168 Å². The second kappa shape index (κ2) is 9.57. The smallest absolute Gasteiger partial charge is 0.282 e. The summed E-state index contributed by atoms with van der Waals surface area (Å²) in [6, 6.07) is 5.64. The molecule has 1 saturated heterocycles. The van der Waals surface area contributed by atoms with E-state index in [1.807, 2.05) is 0 Å². The Morgan fingerprint density at radius 3 is 2.93 bits per heavy atom. The van der Waals surface area contributed by atoms with Crippen molar-refractivity contribution in [3.05, 3.63) is 39.9 Å². The van der Waals surface area contributed by atoms with Crippen LogP contribution in [0, 0.1) is 10.1 Å². The number of ether oxygens (including phenoxy) is 1. The standard InChI is InChI=1S/C16H17N5O5S2/c22-13(17-8-10-4-3-7-26-10)9-27-16-20-19-15(28-16)18-14(23)11-5-1-2-6-12(11)21(24)25/h1-2,5-6,10H,3-4,7-9H2,(H,17,22)(H,18,19,23)/t10-/m1/s1. The lowest BCUT2D eigenvalue weighted by Gasteiger charge is -2.09. The number of carbonyl (C=O) groups is 2. The van der Waals surface area contributed by atoms with E-state index in [4.69, 9.17) is 4.74 Å². The first kappa shape index (κ1) is 20.2. The maximum Gasteiger partial charge on any atom is 0.282 e. The van der Waals surface area contributed by atoms with Gasteiger partial charge in [0.1, 0.15) is 5.56 Å². The second-order valence-corrected chi connectivity index (χ2v) is 8.03. The first-order chi connectivity index (χ1) is 13.5. The van der Waals surface area contributed by atoms with Gasteiger partial charge in [0, 0.05) is 19.2 Å². The average molecular weight is 423 g/mol. The van der Waals surface area contributed by atoms with Crippen molar-refractivity contribution < 1.29 is 19.2 Å². The summed E-state index contributed by atoms with van der Waals surface area (Å²) >= 11 is 2.29. The van der Waals surface area contributed by atoms with Crippen molar-refractivity contribution in [3.63, 3.8) is 0 Å². The molecule has 0 bridgehead atoms. The lowest BCUT2D eigenvalue weighted by atomic mass is 10.1. The largest absolute Gasteiger partial charge is 0.376 e. The molecule has 148 valence electrons. The molecular formula is C16H17N5O5S2. The fourth-order valence-electron chi connectivity index (χ4n) is 2.52. The van der Waals surface area contributed by atoms with Crippen LogP contribution in [0.5, 0.6) is 0 Å². The molecule has 2 amide bonds. The third kappa shape index (κ3) is 5.47. The Bertz CT molecular complexity index is 869. The topological polar surface area (TPSA) is 136 Å². The van der Waals surface area contributed by atoms with Crippen molar-refractivity contribution in [1.82, 2.24) is 15.5 Å². The van der Waals surface area contributed by atoms with E-state index in [1.165, 1.54) is 30.0 Å². The van der Waals surface area contributed by atoms with Crippen molar-refractivity contribution >= 4 is 45.7 Å². The quantitative estimate of drug-likeness (QED) is 0.285. The third-order valence-electron chi connectivity index (χ3n) is 3.85. The third-order valence-corrected chi connectivity index (χ3v) is 5.82. The van der Waals surface area contributed by atoms with Crippen molar-refractivity contribution in [2.75, 3.05) is 24.2 Å². The molecule has 1 fully saturated rings. The fourth-order valence-corrected chi connectivity index (χ4v) is 4.10. The Balaban J connectivity index is 1.49. The average Bonchev–Trinajstić information content (AvgIpc) is 3.36. The number of carbonyl (C=O) groups excluding carboxylic acids is 2. The minimum absolute atomic E-state index is 0.0644. The number of nitrogens with one attached hydrogen (secondary N) is 2. The maximum absolute atomic E-state index is 12.3. The van der Waals surface area contributed by atoms with Gasteiger partial charge < -0.3 is 10.1 Å². The van der Waals surface area contributed by atoms with E-state index in [-0.39, 0.29) is 34.1 Å². The molecule has 1 aliphatic heterocycles. The molecule has 2 aromatic rings. The molecule has 28 heavy (non-hydrogen) atoms. The number of nitro groups is 1. The molecule has 1 atom stereocenters. The molecule has 12 heteroatoms. The number of anilines is 1. The summed E-state index contributed by atoms with van der Waals surface area (Å²) in [5, 5.41) is 24.3. The van der Waals surface area contributed by atoms with E-state index in [9.17, 15) is 19.7 Å². The van der Waals surface area contributed by atoms with Crippen LogP contribution in [0.1, 0.15) is 23.2 Å². The van der Waals surface area contributed by atoms with Gasteiger partial charge in [-0.1, -0.05) is 35.2 Å². The van der Waals surface area contributed by atoms with Crippen LogP contribution in [-0.2, 0) is 9.53 Å². The Morgan fingerprint density at radius 2 is 2.18 bits per heavy atom. The first-order valence-corrected chi connectivity index (χ1v) is 10.2. The van der Waals surface area contributed by atoms with Gasteiger partial charge in [-0.05, 0) is 18.9 Å². The zero-order chi connectivity index (χ0) is 19.9. The molecule has 0 saturated carbocycles. The van der Waals surface area contributed by atoms with Crippen LogP contribution in [0.3, 0.4) is 0 Å². The van der Waals surface area contributed by atoms with Gasteiger partial charge >= 0.3 is 0 Å². The summed E-state index contributed by atoms with van der Waals surface area (Å²) in [5.74, 6) is -0.616. The zero-order valence-corrected chi connectivity index (χ0v) is 16.3. The van der Waals surface area contributed by atoms with Gasteiger partial charge in [-0.15, -0.1) is 10.2 Å². The molecule has 0 spiro atoms. The van der Waals surface area contributed by atoms with Crippen LogP contribution < -0.4 is 10.6 Å². The van der Waals surface area contributed by atoms with E-state index in [2.05, 4.69) is 20.8 Å². The van der Waals surface area contributed by atoms with Crippen molar-refractivity contribution in [3.8, 4) is 0 Å². The molecule has 0 aliphatic carbocycles. The number of nitrogens with zero attached hydrogens (tertiary/aromatic N) is 3. The lowest BCUT2D eigenvalue weighted by molar-refractivity contribution is -0.385. The molecule has 1 aromatic carbocycles. The summed E-state index contributed by atoms with van der Waals surface area (Å²) < 4.78 is 5.95. The summed E-state index contributed by atoms with van der Waals surface area (Å²) in [6.45, 7) is 1.23. The van der Waals surface area contributed by atoms with Gasteiger partial charge in [0.2, 0.25) is 11.0 Å². The van der Waals surface area contributed by atoms with Crippen LogP contribution in [0.15, 0.2) is 28.6 Å². The number of nitro benzene ring substituents is 1. The predicted octanol–water partition coefficient (Wildman–Crippen LogP) is 2.09. The Hall–Kier alpha value is -2.57. The van der Waals surface area contributed by atoms with Crippen LogP contribution in [0.2, 0.25) is 0 Å². The highest BCUT2D eigenvalue weighted by molar-refractivity contribution is 8.01. The van der Waals surface area contributed by atoms with Gasteiger partial charge in [0.15, 0.2) is 4.34 Å². The van der Waals surface area contributed by atoms with E-state index in [0.717, 1.165) is 30.8 Å². The molecule has 0 radical (unpaired) electrons. The van der Waals surface area contributed by atoms with Crippen LogP contribution in [-0.4, -0.2) is 51.9 Å². The minimum Gasteiger partial charge on any atom is -0.376 e. The molecule has 0 unspecified atom stereocenters. The van der Waals surface area contributed by atoms with Gasteiger partial charge in [-0.3, -0.25) is 25.0 Å². The predicted molar refractivity (Wildman–Crippen MR) is 104 cm³/mol. The van der Waals surface area contributed by atoms with Crippen molar-refractivity contribution in [2.45, 2.75) is 23.3 Å². The van der Waals surface area contributed by atoms with Crippen LogP contribution >= 0.6 is 23.1 Å². The van der Waals surface area contributed by atoms with E-state index < -0.39 is 10.8 Å². The first-order valence-electron chi connectivity index (χ1n) is 8.42. The number of amides is 2. The number of aromatic nitrogens is 2. The maximum atomic E-state index is 12.3. The molecule has 2 N–H and O–H groups in total. The number of rotatable bonds is 8. The second-order valence-electron chi connectivity index (χ2n) is 5.83. The fraction of sp³-hybridized carbons (Fsp3) is 0.375. The van der Waals surface area contributed by atoms with Gasteiger partial charge in [-0.2, -0.15) is 0 Å². The van der Waals surface area contributed by atoms with Crippen LogP contribution in [0.4, 0.5) is 10.8 Å². The normalized spacial score (nSPS) is 15.9. The van der Waals surface area contributed by atoms with Crippen molar-refractivity contribution in [1.29, 1.82) is 0 Å². The SMILES string of the molecule is O=C(CSc1nnc(NC(=O)c2ccccc2[N+](=O)[O-])s1)NC[C@H]1CCCO1. The summed E-state index contributed by atoms with van der Waals surface area (Å²) in [6.07, 6.45) is 2.05. The molecule has 3 rings (SSSR count). The summed E-state index contributed by atoms with van der Waals surface area (Å²) in [4.78, 5) is 34.5. The Morgan fingerprint density at radius 1 is 1.36 bits per heavy atom. The molecule has 1 aliphatic rings.